The van der Waals surface area contributed by atoms with Crippen LogP contribution in [0.25, 0.3) is 21.5 Å². The van der Waals surface area contributed by atoms with Crippen LogP contribution in [0, 0.1) is 11.8 Å². The first-order valence-electron chi connectivity index (χ1n) is 18.5. The number of carbonyl (C=O) groups is 2. The summed E-state index contributed by atoms with van der Waals surface area (Å²) >= 11 is 6.54. The molecule has 0 bridgehead atoms. The van der Waals surface area contributed by atoms with E-state index in [4.69, 9.17) is 40.0 Å². The molecule has 3 aromatic carbocycles. The van der Waals surface area contributed by atoms with E-state index in [0.29, 0.717) is 47.0 Å². The van der Waals surface area contributed by atoms with Crippen molar-refractivity contribution in [3.8, 4) is 11.5 Å². The second kappa shape index (κ2) is 23.1. The highest BCUT2D eigenvalue weighted by Gasteiger charge is 2.22. The van der Waals surface area contributed by atoms with Crippen molar-refractivity contribution in [1.82, 2.24) is 0 Å². The summed E-state index contributed by atoms with van der Waals surface area (Å²) in [5.74, 6) is 0.951. The summed E-state index contributed by atoms with van der Waals surface area (Å²) < 4.78 is 36.4. The molecule has 0 aliphatic carbocycles. The van der Waals surface area contributed by atoms with Gasteiger partial charge >= 0.3 is 11.9 Å². The van der Waals surface area contributed by atoms with Crippen LogP contribution in [0.2, 0.25) is 5.02 Å². The van der Waals surface area contributed by atoms with E-state index in [1.807, 2.05) is 36.4 Å². The van der Waals surface area contributed by atoms with Crippen LogP contribution in [0.5, 0.6) is 11.5 Å². The van der Waals surface area contributed by atoms with Crippen molar-refractivity contribution in [2.75, 3.05) is 39.6 Å². The molecule has 0 aromatic heterocycles. The normalized spacial score (nSPS) is 13.7. The van der Waals surface area contributed by atoms with Gasteiger partial charge in [-0.2, -0.15) is 0 Å². The number of carbonyl (C=O) groups excluding carboxylic acids is 2. The average Bonchev–Trinajstić information content (AvgIpc) is 3.14. The molecule has 0 heterocycles. The molecule has 0 fully saturated rings. The fourth-order valence-electron chi connectivity index (χ4n) is 5.92. The lowest BCUT2D eigenvalue weighted by molar-refractivity contribution is -0.149. The van der Waals surface area contributed by atoms with E-state index in [1.165, 1.54) is 0 Å². The molecule has 280 valence electrons. The molecule has 0 N–H and O–H groups in total. The number of ether oxygens (including phenoxy) is 6. The quantitative estimate of drug-likeness (QED) is 0.0459. The first-order valence-corrected chi connectivity index (χ1v) is 18.9. The number of benzene rings is 3. The van der Waals surface area contributed by atoms with E-state index in [2.05, 4.69) is 40.9 Å². The Balaban J connectivity index is 1.88. The van der Waals surface area contributed by atoms with Gasteiger partial charge in [0, 0.05) is 51.9 Å². The molecule has 0 spiro atoms. The Hall–Kier alpha value is -3.59. The van der Waals surface area contributed by atoms with Gasteiger partial charge in [-0.3, -0.25) is 0 Å². The van der Waals surface area contributed by atoms with Crippen molar-refractivity contribution >= 4 is 45.1 Å². The zero-order chi connectivity index (χ0) is 37.0. The second-order valence-corrected chi connectivity index (χ2v) is 13.4. The predicted octanol–water partition coefficient (Wildman–Crippen LogP) is 10.1. The van der Waals surface area contributed by atoms with Gasteiger partial charge in [-0.1, -0.05) is 115 Å². The summed E-state index contributed by atoms with van der Waals surface area (Å²) in [6.45, 7) is 17.4. The van der Waals surface area contributed by atoms with Crippen LogP contribution < -0.4 is 9.47 Å². The number of esters is 2. The first kappa shape index (κ1) is 41.8. The maximum Gasteiger partial charge on any atom is 0.330 e. The summed E-state index contributed by atoms with van der Waals surface area (Å²) in [5, 5.41) is 3.56. The topological polar surface area (TPSA) is 89.5 Å². The van der Waals surface area contributed by atoms with E-state index in [-0.39, 0.29) is 26.4 Å². The fraction of sp³-hybridized carbons (Fsp3) is 0.524. The van der Waals surface area contributed by atoms with Gasteiger partial charge in [-0.05, 0) is 42.9 Å². The SMILES string of the molecule is C=CC(=O)OC(COCC(CC)CCCC)COc1c2ccccc2c(OCC(COCC(CC)CCCC)OC(=O)C=C)c2cc(Cl)ccc12. The fourth-order valence-corrected chi connectivity index (χ4v) is 6.09. The van der Waals surface area contributed by atoms with Crippen LogP contribution >= 0.6 is 11.6 Å². The highest BCUT2D eigenvalue weighted by molar-refractivity contribution is 6.31. The Morgan fingerprint density at radius 1 is 0.647 bits per heavy atom. The van der Waals surface area contributed by atoms with Gasteiger partial charge in [0.1, 0.15) is 24.7 Å². The van der Waals surface area contributed by atoms with Gasteiger partial charge in [-0.15, -0.1) is 0 Å². The Morgan fingerprint density at radius 3 is 1.53 bits per heavy atom. The van der Waals surface area contributed by atoms with Gasteiger partial charge in [0.2, 0.25) is 0 Å². The van der Waals surface area contributed by atoms with E-state index >= 15 is 0 Å². The molecule has 0 radical (unpaired) electrons. The molecule has 0 saturated carbocycles. The molecular formula is C42H57ClO8. The Labute approximate surface area is 309 Å². The molecule has 4 unspecified atom stereocenters. The largest absolute Gasteiger partial charge is 0.488 e. The van der Waals surface area contributed by atoms with Gasteiger partial charge in [0.05, 0.1) is 13.2 Å². The molecule has 0 aliphatic rings. The Kier molecular flexibility index (Phi) is 18.9. The third-order valence-corrected chi connectivity index (χ3v) is 9.25. The summed E-state index contributed by atoms with van der Waals surface area (Å²) in [7, 11) is 0. The van der Waals surface area contributed by atoms with Crippen molar-refractivity contribution in [3.05, 3.63) is 72.8 Å². The van der Waals surface area contributed by atoms with Crippen molar-refractivity contribution in [1.29, 1.82) is 0 Å². The highest BCUT2D eigenvalue weighted by Crippen LogP contribution is 2.44. The molecule has 0 aliphatic heterocycles. The standard InChI is InChI=1S/C42H57ClO8/c1-7-13-17-30(9-3)24-46-26-33(50-39(44)11-5)28-48-41-35-19-15-16-20-36(35)42(38-23-32(43)21-22-37(38)41)49-29-34(51-40(45)12-6)27-47-25-31(10-4)18-14-8-2/h11-12,15-16,19-23,30-31,33-34H,5-10,13-14,17-18,24-29H2,1-4H3. The van der Waals surface area contributed by atoms with Crippen LogP contribution in [0.15, 0.2) is 67.8 Å². The smallest absolute Gasteiger partial charge is 0.330 e. The first-order chi connectivity index (χ1) is 24.8. The zero-order valence-corrected chi connectivity index (χ0v) is 31.7. The molecule has 3 rings (SSSR count). The number of hydrogen-bond acceptors (Lipinski definition) is 8. The van der Waals surface area contributed by atoms with Crippen molar-refractivity contribution in [2.24, 2.45) is 11.8 Å². The summed E-state index contributed by atoms with van der Waals surface area (Å²) in [5.41, 5.74) is 0. The minimum Gasteiger partial charge on any atom is -0.488 e. The number of fused-ring (bicyclic) bond motifs is 2. The Bertz CT molecular complexity index is 1540. The van der Waals surface area contributed by atoms with Crippen molar-refractivity contribution in [3.63, 3.8) is 0 Å². The van der Waals surface area contributed by atoms with E-state index < -0.39 is 24.1 Å². The number of rotatable bonds is 26. The number of unbranched alkanes of at least 4 members (excludes halogenated alkanes) is 2. The number of hydrogen-bond donors (Lipinski definition) is 0. The van der Waals surface area contributed by atoms with Gasteiger partial charge in [0.15, 0.2) is 12.2 Å². The summed E-state index contributed by atoms with van der Waals surface area (Å²) in [4.78, 5) is 24.6. The minimum atomic E-state index is -0.669. The van der Waals surface area contributed by atoms with Crippen molar-refractivity contribution < 1.29 is 38.0 Å². The molecule has 51 heavy (non-hydrogen) atoms. The minimum absolute atomic E-state index is 0.0467. The van der Waals surface area contributed by atoms with Gasteiger partial charge < -0.3 is 28.4 Å². The molecule has 9 heteroatoms. The summed E-state index contributed by atoms with van der Waals surface area (Å²) in [6.07, 6.45) is 9.74. The van der Waals surface area contributed by atoms with Crippen LogP contribution in [-0.2, 0) is 28.5 Å². The van der Waals surface area contributed by atoms with Crippen LogP contribution in [0.1, 0.15) is 79.1 Å². The molecule has 8 nitrogen and oxygen atoms in total. The van der Waals surface area contributed by atoms with E-state index in [1.54, 1.807) is 6.07 Å². The van der Waals surface area contributed by atoms with Crippen LogP contribution in [0.3, 0.4) is 0 Å². The molecule has 0 saturated heterocycles. The van der Waals surface area contributed by atoms with Crippen LogP contribution in [-0.4, -0.2) is 63.8 Å². The monoisotopic (exact) mass is 724 g/mol. The maximum atomic E-state index is 12.3. The maximum absolute atomic E-state index is 12.3. The van der Waals surface area contributed by atoms with E-state index in [0.717, 1.165) is 79.7 Å². The van der Waals surface area contributed by atoms with E-state index in [9.17, 15) is 9.59 Å². The number of halogens is 1. The predicted molar refractivity (Wildman–Crippen MR) is 206 cm³/mol. The molecule has 0 amide bonds. The third kappa shape index (κ3) is 13.5. The van der Waals surface area contributed by atoms with Crippen molar-refractivity contribution in [2.45, 2.75) is 91.3 Å². The second-order valence-electron chi connectivity index (χ2n) is 12.9. The lowest BCUT2D eigenvalue weighted by Crippen LogP contribution is -2.30. The highest BCUT2D eigenvalue weighted by atomic mass is 35.5. The zero-order valence-electron chi connectivity index (χ0n) is 31.0. The average molecular weight is 725 g/mol. The Morgan fingerprint density at radius 2 is 1.10 bits per heavy atom. The molecule has 3 aromatic rings. The lowest BCUT2D eigenvalue weighted by atomic mass is 10.0. The van der Waals surface area contributed by atoms with Gasteiger partial charge in [-0.25, -0.2) is 9.59 Å². The third-order valence-electron chi connectivity index (χ3n) is 9.01. The molecule has 4 atom stereocenters. The lowest BCUT2D eigenvalue weighted by Gasteiger charge is -2.23. The molecular weight excluding hydrogens is 668 g/mol. The van der Waals surface area contributed by atoms with Gasteiger partial charge in [0.25, 0.3) is 0 Å². The summed E-state index contributed by atoms with van der Waals surface area (Å²) in [6, 6.07) is 13.2. The van der Waals surface area contributed by atoms with Crippen LogP contribution in [0.4, 0.5) is 0 Å².